The summed E-state index contributed by atoms with van der Waals surface area (Å²) in [5, 5.41) is 9.35. The van der Waals surface area contributed by atoms with Gasteiger partial charge in [0.25, 0.3) is 5.56 Å². The number of piperazine rings is 1. The molecule has 5 rings (SSSR count). The van der Waals surface area contributed by atoms with Crippen LogP contribution in [0.15, 0.2) is 23.0 Å². The Morgan fingerprint density at radius 1 is 1.03 bits per heavy atom. The maximum Gasteiger partial charge on any atom is 0.320 e. The summed E-state index contributed by atoms with van der Waals surface area (Å²) in [5.41, 5.74) is 1.80. The summed E-state index contributed by atoms with van der Waals surface area (Å²) in [6, 6.07) is 5.98. The van der Waals surface area contributed by atoms with Crippen LogP contribution in [-0.2, 0) is 18.3 Å². The second kappa shape index (κ2) is 7.93. The molecule has 2 aromatic heterocycles. The summed E-state index contributed by atoms with van der Waals surface area (Å²) in [5.74, 6) is 1.34. The number of aryl methyl sites for hydroxylation is 2. The van der Waals surface area contributed by atoms with Gasteiger partial charge in [0.2, 0.25) is 5.78 Å². The van der Waals surface area contributed by atoms with E-state index < -0.39 is 0 Å². The molecule has 0 bridgehead atoms. The minimum atomic E-state index is -0.0691. The largest absolute Gasteiger partial charge is 0.378 e. The number of nitrogens with zero attached hydrogens (tertiary/aromatic N) is 7. The highest BCUT2D eigenvalue weighted by Gasteiger charge is 2.27. The molecule has 0 saturated carbocycles. The fourth-order valence-electron chi connectivity index (χ4n) is 4.41. The predicted molar refractivity (Wildman–Crippen MR) is 115 cm³/mol. The molecule has 164 valence electrons. The summed E-state index contributed by atoms with van der Waals surface area (Å²) in [6.45, 7) is 8.06. The topological polar surface area (TPSA) is 88.2 Å². The minimum Gasteiger partial charge on any atom is -0.378 e. The van der Waals surface area contributed by atoms with Gasteiger partial charge in [-0.3, -0.25) is 18.7 Å². The van der Waals surface area contributed by atoms with Crippen molar-refractivity contribution >= 4 is 22.7 Å². The molecular weight excluding hydrogens is 398 g/mol. The molecule has 3 aromatic rings. The molecule has 2 aliphatic heterocycles. The van der Waals surface area contributed by atoms with Gasteiger partial charge >= 0.3 is 6.03 Å². The fraction of sp³-hybridized carbons (Fsp3) is 0.524. The van der Waals surface area contributed by atoms with Crippen LogP contribution in [0.5, 0.6) is 0 Å². The number of fused-ring (bicyclic) bond motifs is 3. The first-order chi connectivity index (χ1) is 15.0. The Hall–Kier alpha value is -2.98. The monoisotopic (exact) mass is 425 g/mol. The Morgan fingerprint density at radius 3 is 2.48 bits per heavy atom. The summed E-state index contributed by atoms with van der Waals surface area (Å²) in [6.07, 6.45) is 0. The van der Waals surface area contributed by atoms with Gasteiger partial charge in [-0.1, -0.05) is 11.6 Å². The van der Waals surface area contributed by atoms with E-state index in [9.17, 15) is 9.59 Å². The number of ether oxygens (including phenoxy) is 1. The van der Waals surface area contributed by atoms with Gasteiger partial charge in [0, 0.05) is 46.3 Å². The van der Waals surface area contributed by atoms with E-state index in [2.05, 4.69) is 15.1 Å². The van der Waals surface area contributed by atoms with E-state index >= 15 is 0 Å². The van der Waals surface area contributed by atoms with Crippen molar-refractivity contribution in [1.82, 2.24) is 33.9 Å². The summed E-state index contributed by atoms with van der Waals surface area (Å²) < 4.78 is 8.87. The smallest absolute Gasteiger partial charge is 0.320 e. The number of benzene rings is 1. The quantitative estimate of drug-likeness (QED) is 0.593. The number of carbonyl (C=O) groups excluding carboxylic acids is 1. The van der Waals surface area contributed by atoms with Crippen LogP contribution >= 0.6 is 0 Å². The number of carbonyl (C=O) groups is 1. The molecule has 2 saturated heterocycles. The van der Waals surface area contributed by atoms with Crippen LogP contribution in [0, 0.1) is 6.92 Å². The normalized spacial score (nSPS) is 18.3. The van der Waals surface area contributed by atoms with E-state index in [0.29, 0.717) is 57.1 Å². The Bertz CT molecular complexity index is 1190. The molecule has 0 spiro atoms. The van der Waals surface area contributed by atoms with E-state index in [0.717, 1.165) is 30.0 Å². The van der Waals surface area contributed by atoms with E-state index in [-0.39, 0.29) is 11.6 Å². The van der Waals surface area contributed by atoms with E-state index in [1.807, 2.05) is 39.3 Å². The van der Waals surface area contributed by atoms with Gasteiger partial charge in [-0.2, -0.15) is 0 Å². The maximum absolute atomic E-state index is 12.7. The first-order valence-electron chi connectivity index (χ1n) is 10.7. The Kier molecular flexibility index (Phi) is 5.11. The molecule has 2 aliphatic rings. The average molecular weight is 425 g/mol. The van der Waals surface area contributed by atoms with E-state index in [1.54, 1.807) is 11.6 Å². The lowest BCUT2D eigenvalue weighted by molar-refractivity contribution is 0.0371. The minimum absolute atomic E-state index is 0.0691. The Morgan fingerprint density at radius 2 is 1.74 bits per heavy atom. The summed E-state index contributed by atoms with van der Waals surface area (Å²) in [4.78, 5) is 31.5. The zero-order valence-electron chi connectivity index (χ0n) is 18.0. The van der Waals surface area contributed by atoms with Crippen molar-refractivity contribution in [2.45, 2.75) is 13.5 Å². The zero-order chi connectivity index (χ0) is 21.5. The third-order valence-electron chi connectivity index (χ3n) is 6.23. The third kappa shape index (κ3) is 3.55. The lowest BCUT2D eigenvalue weighted by Gasteiger charge is -2.38. The second-order valence-corrected chi connectivity index (χ2v) is 8.28. The Labute approximate surface area is 179 Å². The van der Waals surface area contributed by atoms with E-state index in [4.69, 9.17) is 4.74 Å². The van der Waals surface area contributed by atoms with Crippen molar-refractivity contribution in [3.8, 4) is 0 Å². The first-order valence-corrected chi connectivity index (χ1v) is 10.7. The number of morpholine rings is 1. The van der Waals surface area contributed by atoms with Crippen LogP contribution in [0.4, 0.5) is 4.79 Å². The highest BCUT2D eigenvalue weighted by Crippen LogP contribution is 2.17. The number of aromatic nitrogens is 4. The van der Waals surface area contributed by atoms with Crippen LogP contribution in [-0.4, -0.2) is 92.4 Å². The molecule has 2 amide bonds. The van der Waals surface area contributed by atoms with Gasteiger partial charge in [-0.05, 0) is 19.1 Å². The zero-order valence-corrected chi connectivity index (χ0v) is 18.0. The van der Waals surface area contributed by atoms with Gasteiger partial charge in [0.15, 0.2) is 5.82 Å². The van der Waals surface area contributed by atoms with Gasteiger partial charge in [-0.25, -0.2) is 4.79 Å². The molecule has 0 unspecified atom stereocenters. The highest BCUT2D eigenvalue weighted by molar-refractivity contribution is 5.81. The lowest BCUT2D eigenvalue weighted by atomic mass is 10.1. The van der Waals surface area contributed by atoms with Crippen LogP contribution in [0.1, 0.15) is 11.4 Å². The third-order valence-corrected chi connectivity index (χ3v) is 6.23. The summed E-state index contributed by atoms with van der Waals surface area (Å²) in [7, 11) is 1.73. The molecule has 0 N–H and O–H groups in total. The number of amides is 2. The molecular formula is C21H27N7O3. The molecule has 0 atom stereocenters. The van der Waals surface area contributed by atoms with Crippen molar-refractivity contribution in [1.29, 1.82) is 0 Å². The van der Waals surface area contributed by atoms with Gasteiger partial charge < -0.3 is 14.5 Å². The SMILES string of the molecule is Cc1ccc2c(c1)c(=O)n(C)c1nnc(CN3CCN(C(=O)N4CCOCC4)CC3)n21. The van der Waals surface area contributed by atoms with Crippen molar-refractivity contribution in [2.24, 2.45) is 7.05 Å². The fourth-order valence-corrected chi connectivity index (χ4v) is 4.41. The average Bonchev–Trinajstić information content (AvgIpc) is 3.22. The predicted octanol–water partition coefficient (Wildman–Crippen LogP) is 0.459. The number of hydrogen-bond donors (Lipinski definition) is 0. The van der Waals surface area contributed by atoms with Gasteiger partial charge in [0.1, 0.15) is 0 Å². The molecule has 0 aliphatic carbocycles. The maximum atomic E-state index is 12.7. The van der Waals surface area contributed by atoms with Crippen molar-refractivity contribution in [2.75, 3.05) is 52.5 Å². The standard InChI is InChI=1S/C21H27N7O3/c1-15-3-4-17-16(13-15)19(29)24(2)20-23-22-18(28(17)20)14-25-5-7-26(8-6-25)21(30)27-9-11-31-12-10-27/h3-4,13H,5-12,14H2,1-2H3. The van der Waals surface area contributed by atoms with Crippen molar-refractivity contribution in [3.63, 3.8) is 0 Å². The van der Waals surface area contributed by atoms with Crippen molar-refractivity contribution in [3.05, 3.63) is 39.9 Å². The van der Waals surface area contributed by atoms with Crippen molar-refractivity contribution < 1.29 is 9.53 Å². The second-order valence-electron chi connectivity index (χ2n) is 8.28. The lowest BCUT2D eigenvalue weighted by Crippen LogP contribution is -2.54. The number of hydrogen-bond acceptors (Lipinski definition) is 6. The molecule has 31 heavy (non-hydrogen) atoms. The number of rotatable bonds is 2. The molecule has 4 heterocycles. The van der Waals surface area contributed by atoms with Crippen LogP contribution in [0.3, 0.4) is 0 Å². The van der Waals surface area contributed by atoms with Crippen LogP contribution < -0.4 is 5.56 Å². The van der Waals surface area contributed by atoms with Crippen LogP contribution in [0.2, 0.25) is 0 Å². The molecule has 10 heteroatoms. The summed E-state index contributed by atoms with van der Waals surface area (Å²) >= 11 is 0. The molecule has 1 aromatic carbocycles. The van der Waals surface area contributed by atoms with E-state index in [1.165, 1.54) is 0 Å². The highest BCUT2D eigenvalue weighted by atomic mass is 16.5. The number of urea groups is 1. The van der Waals surface area contributed by atoms with Gasteiger partial charge in [-0.15, -0.1) is 10.2 Å². The Balaban J connectivity index is 1.35. The molecule has 0 radical (unpaired) electrons. The molecule has 10 nitrogen and oxygen atoms in total. The van der Waals surface area contributed by atoms with Crippen LogP contribution in [0.25, 0.3) is 16.7 Å². The first kappa shape index (κ1) is 20.0. The van der Waals surface area contributed by atoms with Gasteiger partial charge in [0.05, 0.1) is 30.7 Å². The molecule has 2 fully saturated rings.